The molecule has 1 fully saturated rings. The molecule has 1 unspecified atom stereocenters. The average Bonchev–Trinajstić information content (AvgIpc) is 3.23. The van der Waals surface area contributed by atoms with Crippen LogP contribution < -0.4 is 5.32 Å². The fourth-order valence-corrected chi connectivity index (χ4v) is 6.03. The monoisotopic (exact) mass is 532 g/mol. The molecule has 1 saturated heterocycles. The van der Waals surface area contributed by atoms with E-state index in [2.05, 4.69) is 20.8 Å². The van der Waals surface area contributed by atoms with Gasteiger partial charge in [-0.25, -0.2) is 14.3 Å². The summed E-state index contributed by atoms with van der Waals surface area (Å²) in [6.07, 6.45) is 0. The van der Waals surface area contributed by atoms with Crippen LogP contribution in [0.1, 0.15) is 41.5 Å². The molecule has 1 aromatic heterocycles. The van der Waals surface area contributed by atoms with Gasteiger partial charge in [0.15, 0.2) is 0 Å². The van der Waals surface area contributed by atoms with E-state index in [-0.39, 0.29) is 16.8 Å². The summed E-state index contributed by atoms with van der Waals surface area (Å²) in [5.74, 6) is -2.25. The van der Waals surface area contributed by atoms with E-state index in [1.54, 1.807) is 33.9 Å². The summed E-state index contributed by atoms with van der Waals surface area (Å²) < 4.78 is 7.10. The molecule has 0 bridgehead atoms. The zero-order chi connectivity index (χ0) is 26.2. The molecule has 0 aliphatic carbocycles. The molecule has 2 aromatic rings. The maximum atomic E-state index is 13.2. The van der Waals surface area contributed by atoms with Crippen molar-refractivity contribution in [2.45, 2.75) is 42.9 Å². The zero-order valence-corrected chi connectivity index (χ0v) is 21.6. The van der Waals surface area contributed by atoms with Gasteiger partial charge in [0.05, 0.1) is 11.1 Å². The molecule has 1 aromatic carbocycles. The lowest BCUT2D eigenvalue weighted by Crippen LogP contribution is -2.70. The maximum Gasteiger partial charge on any atom is 0.355 e. The van der Waals surface area contributed by atoms with Gasteiger partial charge in [0, 0.05) is 18.6 Å². The van der Waals surface area contributed by atoms with Gasteiger partial charge in [-0.2, -0.15) is 0 Å². The molecule has 36 heavy (non-hydrogen) atoms. The lowest BCUT2D eigenvalue weighted by Gasteiger charge is -2.50. The second kappa shape index (κ2) is 9.93. The van der Waals surface area contributed by atoms with E-state index in [1.807, 2.05) is 0 Å². The number of hydrogen-bond acceptors (Lipinski definition) is 10. The number of rotatable bonds is 7. The minimum Gasteiger partial charge on any atom is -0.478 e. The number of carboxylic acids is 1. The third-order valence-electron chi connectivity index (χ3n) is 5.28. The molecule has 0 saturated carbocycles. The Kier molecular flexibility index (Phi) is 7.09. The molecule has 190 valence electrons. The predicted octanol–water partition coefficient (Wildman–Crippen LogP) is 1.31. The maximum absolute atomic E-state index is 13.2. The number of ether oxygens (including phenoxy) is 1. The van der Waals surface area contributed by atoms with Crippen LogP contribution in [-0.2, 0) is 21.4 Å². The third kappa shape index (κ3) is 5.09. The van der Waals surface area contributed by atoms with Gasteiger partial charge in [-0.05, 0) is 48.9 Å². The summed E-state index contributed by atoms with van der Waals surface area (Å²) in [5.41, 5.74) is -0.153. The smallest absolute Gasteiger partial charge is 0.355 e. The number of carboxylic acid groups (broad SMARTS) is 1. The highest BCUT2D eigenvalue weighted by atomic mass is 32.2. The lowest BCUT2D eigenvalue weighted by atomic mass is 10.0. The summed E-state index contributed by atoms with van der Waals surface area (Å²) >= 11 is 2.72. The first-order valence-electron chi connectivity index (χ1n) is 10.9. The SMILES string of the molecule is Cn1nnnc1SCC1=C(C(=O)OC(C)(C)C)N2C(=O)C(NC(=O)c3ccccc3C(=O)O)[C@@H]2SC1. The molecule has 0 radical (unpaired) electrons. The van der Waals surface area contributed by atoms with Crippen molar-refractivity contribution in [3.8, 4) is 0 Å². The first kappa shape index (κ1) is 25.7. The number of β-lactam (4-membered cyclic amide) rings is 1. The molecule has 2 aliphatic heterocycles. The Morgan fingerprint density at radius 1 is 1.25 bits per heavy atom. The van der Waals surface area contributed by atoms with Crippen molar-refractivity contribution in [2.75, 3.05) is 11.5 Å². The Hall–Kier alpha value is -3.39. The molecule has 2 atom stereocenters. The van der Waals surface area contributed by atoms with E-state index in [0.717, 1.165) is 0 Å². The number of aromatic carboxylic acids is 1. The standard InChI is InChI=1S/C22H24N6O6S2/c1-22(2,3)34-20(33)15-11(10-36-21-24-25-26-27(21)4)9-35-18-14(17(30)28(15)18)23-16(29)12-7-5-6-8-13(12)19(31)32/h5-8,14,18H,9-10H2,1-4H3,(H,23,29)(H,31,32)/t14?,18-/m0/s1. The number of hydrogen-bond donors (Lipinski definition) is 2. The van der Waals surface area contributed by atoms with E-state index < -0.39 is 40.8 Å². The van der Waals surface area contributed by atoms with Gasteiger partial charge in [-0.3, -0.25) is 14.5 Å². The fourth-order valence-electron chi connectivity index (χ4n) is 3.69. The number of fused-ring (bicyclic) bond motifs is 1. The molecule has 3 heterocycles. The number of thioether (sulfide) groups is 2. The van der Waals surface area contributed by atoms with Crippen molar-refractivity contribution in [3.63, 3.8) is 0 Å². The molecule has 2 N–H and O–H groups in total. The van der Waals surface area contributed by atoms with Crippen LogP contribution in [0.3, 0.4) is 0 Å². The van der Waals surface area contributed by atoms with Crippen molar-refractivity contribution >= 4 is 47.3 Å². The topological polar surface area (TPSA) is 157 Å². The third-order valence-corrected chi connectivity index (χ3v) is 7.72. The quantitative estimate of drug-likeness (QED) is 0.301. The van der Waals surface area contributed by atoms with Crippen LogP contribution in [-0.4, -0.2) is 82.5 Å². The number of benzene rings is 1. The first-order chi connectivity index (χ1) is 17.0. The Labute approximate surface area is 214 Å². The van der Waals surface area contributed by atoms with Gasteiger partial charge >= 0.3 is 11.9 Å². The average molecular weight is 533 g/mol. The summed E-state index contributed by atoms with van der Waals surface area (Å²) in [6, 6.07) is 4.85. The van der Waals surface area contributed by atoms with Crippen LogP contribution in [0.5, 0.6) is 0 Å². The Balaban J connectivity index is 1.57. The molecule has 12 nitrogen and oxygen atoms in total. The summed E-state index contributed by atoms with van der Waals surface area (Å²) in [6.45, 7) is 5.21. The van der Waals surface area contributed by atoms with Crippen molar-refractivity contribution in [1.29, 1.82) is 0 Å². The highest BCUT2D eigenvalue weighted by Crippen LogP contribution is 2.42. The van der Waals surface area contributed by atoms with Gasteiger partial charge in [-0.1, -0.05) is 23.9 Å². The molecular weight excluding hydrogens is 508 g/mol. The predicted molar refractivity (Wildman–Crippen MR) is 130 cm³/mol. The Morgan fingerprint density at radius 3 is 2.56 bits per heavy atom. The van der Waals surface area contributed by atoms with Gasteiger partial charge in [0.25, 0.3) is 11.8 Å². The lowest BCUT2D eigenvalue weighted by molar-refractivity contribution is -0.158. The Morgan fingerprint density at radius 2 is 1.94 bits per heavy atom. The fraction of sp³-hybridized carbons (Fsp3) is 0.409. The van der Waals surface area contributed by atoms with Crippen molar-refractivity contribution in [2.24, 2.45) is 7.05 Å². The van der Waals surface area contributed by atoms with Gasteiger partial charge < -0.3 is 15.2 Å². The molecular formula is C22H24N6O6S2. The van der Waals surface area contributed by atoms with E-state index >= 15 is 0 Å². The number of nitrogens with zero attached hydrogens (tertiary/aromatic N) is 5. The van der Waals surface area contributed by atoms with Crippen molar-refractivity contribution < 1.29 is 29.0 Å². The molecule has 2 aliphatic rings. The minimum absolute atomic E-state index is 0.0469. The van der Waals surface area contributed by atoms with Crippen LogP contribution in [0.15, 0.2) is 40.7 Å². The number of aromatic nitrogens is 4. The first-order valence-corrected chi connectivity index (χ1v) is 12.9. The van der Waals surface area contributed by atoms with Gasteiger partial charge in [-0.15, -0.1) is 16.9 Å². The van der Waals surface area contributed by atoms with Crippen LogP contribution in [0.25, 0.3) is 0 Å². The van der Waals surface area contributed by atoms with E-state index in [0.29, 0.717) is 22.2 Å². The van der Waals surface area contributed by atoms with Gasteiger partial charge in [0.1, 0.15) is 22.7 Å². The van der Waals surface area contributed by atoms with Crippen LogP contribution in [0.4, 0.5) is 0 Å². The number of aryl methyl sites for hydroxylation is 1. The molecule has 14 heteroatoms. The Bertz CT molecular complexity index is 1270. The second-order valence-electron chi connectivity index (χ2n) is 9.04. The number of carbonyl (C=O) groups excluding carboxylic acids is 3. The van der Waals surface area contributed by atoms with E-state index in [4.69, 9.17) is 4.74 Å². The summed E-state index contributed by atoms with van der Waals surface area (Å²) in [4.78, 5) is 52.0. The molecule has 0 spiro atoms. The number of carbonyl (C=O) groups is 4. The van der Waals surface area contributed by atoms with Crippen LogP contribution >= 0.6 is 23.5 Å². The zero-order valence-electron chi connectivity index (χ0n) is 19.9. The van der Waals surface area contributed by atoms with E-state index in [1.165, 1.54) is 51.3 Å². The largest absolute Gasteiger partial charge is 0.478 e. The summed E-state index contributed by atoms with van der Waals surface area (Å²) in [7, 11) is 1.70. The van der Waals surface area contributed by atoms with Crippen molar-refractivity contribution in [1.82, 2.24) is 30.4 Å². The number of amides is 2. The minimum atomic E-state index is -1.25. The normalized spacial score (nSPS) is 19.4. The van der Waals surface area contributed by atoms with Gasteiger partial charge in [0.2, 0.25) is 5.16 Å². The van der Waals surface area contributed by atoms with Crippen LogP contribution in [0.2, 0.25) is 0 Å². The van der Waals surface area contributed by atoms with Crippen LogP contribution in [0, 0.1) is 0 Å². The molecule has 2 amide bonds. The number of nitrogens with one attached hydrogen (secondary N) is 1. The number of tetrazole rings is 1. The molecule has 4 rings (SSSR count). The second-order valence-corrected chi connectivity index (χ2v) is 11.1. The highest BCUT2D eigenvalue weighted by molar-refractivity contribution is 8.01. The highest BCUT2D eigenvalue weighted by Gasteiger charge is 2.54. The number of esters is 1. The van der Waals surface area contributed by atoms with Crippen molar-refractivity contribution in [3.05, 3.63) is 46.7 Å². The summed E-state index contributed by atoms with van der Waals surface area (Å²) in [5, 5.41) is 23.4. The van der Waals surface area contributed by atoms with E-state index in [9.17, 15) is 24.3 Å².